The molecule has 0 fully saturated rings. The first-order valence-electron chi connectivity index (χ1n) is 5.24. The molecule has 2 rings (SSSR count). The first kappa shape index (κ1) is 13.6. The zero-order valence-corrected chi connectivity index (χ0v) is 11.1. The summed E-state index contributed by atoms with van der Waals surface area (Å²) >= 11 is 5.74. The Morgan fingerprint density at radius 1 is 1.42 bits per heavy atom. The van der Waals surface area contributed by atoms with Crippen LogP contribution < -0.4 is 10.0 Å². The van der Waals surface area contributed by atoms with Crippen molar-refractivity contribution in [2.24, 2.45) is 4.99 Å². The zero-order valence-electron chi connectivity index (χ0n) is 9.55. The Morgan fingerprint density at radius 3 is 2.84 bits per heavy atom. The van der Waals surface area contributed by atoms with Crippen molar-refractivity contribution in [2.75, 3.05) is 11.9 Å². The minimum Gasteiger partial charge on any atom is -0.481 e. The lowest BCUT2D eigenvalue weighted by atomic mass is 10.3. The lowest BCUT2D eigenvalue weighted by molar-refractivity contribution is -0.136. The highest BCUT2D eigenvalue weighted by Gasteiger charge is 2.26. The van der Waals surface area contributed by atoms with E-state index in [0.717, 1.165) is 0 Å². The number of aliphatic carboxylic acids is 1. The average molecular weight is 304 g/mol. The highest BCUT2D eigenvalue weighted by Crippen LogP contribution is 2.27. The molecule has 0 amide bonds. The molecule has 102 valence electrons. The summed E-state index contributed by atoms with van der Waals surface area (Å²) in [7, 11) is -3.74. The monoisotopic (exact) mass is 303 g/mol. The average Bonchev–Trinajstić information content (AvgIpc) is 2.29. The van der Waals surface area contributed by atoms with Crippen LogP contribution in [0.3, 0.4) is 0 Å². The summed E-state index contributed by atoms with van der Waals surface area (Å²) in [6.07, 6.45) is -0.180. The minimum atomic E-state index is -3.74. The number of carboxylic acids is 1. The third-order valence-corrected chi connectivity index (χ3v) is 3.93. The predicted molar refractivity (Wildman–Crippen MR) is 70.0 cm³/mol. The molecule has 0 spiro atoms. The van der Waals surface area contributed by atoms with Crippen LogP contribution in [0.2, 0.25) is 5.02 Å². The lowest BCUT2D eigenvalue weighted by Crippen LogP contribution is -2.40. The fourth-order valence-electron chi connectivity index (χ4n) is 1.49. The third-order valence-electron chi connectivity index (χ3n) is 2.31. The number of guanidine groups is 1. The van der Waals surface area contributed by atoms with Gasteiger partial charge in [0, 0.05) is 5.02 Å². The van der Waals surface area contributed by atoms with Gasteiger partial charge in [-0.2, -0.15) is 0 Å². The van der Waals surface area contributed by atoms with Gasteiger partial charge in [-0.3, -0.25) is 9.79 Å². The number of benzene rings is 1. The van der Waals surface area contributed by atoms with Crippen LogP contribution in [0.1, 0.15) is 6.42 Å². The molecule has 1 aromatic rings. The number of rotatable bonds is 3. The van der Waals surface area contributed by atoms with Crippen LogP contribution in [-0.2, 0) is 14.8 Å². The fraction of sp³-hybridized carbons (Fsp3) is 0.200. The summed E-state index contributed by atoms with van der Waals surface area (Å²) in [4.78, 5) is 14.2. The fourth-order valence-corrected chi connectivity index (χ4v) is 2.90. The van der Waals surface area contributed by atoms with Gasteiger partial charge in [-0.25, -0.2) is 13.1 Å². The highest BCUT2D eigenvalue weighted by atomic mass is 35.5. The molecule has 0 aliphatic carbocycles. The van der Waals surface area contributed by atoms with Gasteiger partial charge in [-0.15, -0.1) is 0 Å². The molecule has 0 radical (unpaired) electrons. The second-order valence-electron chi connectivity index (χ2n) is 3.75. The first-order chi connectivity index (χ1) is 8.88. The normalized spacial score (nSPS) is 18.3. The zero-order chi connectivity index (χ0) is 14.0. The Morgan fingerprint density at radius 2 is 2.16 bits per heavy atom. The van der Waals surface area contributed by atoms with E-state index in [9.17, 15) is 13.2 Å². The molecule has 7 nitrogen and oxygen atoms in total. The summed E-state index contributed by atoms with van der Waals surface area (Å²) in [5.74, 6) is -1.01. The Labute approximate surface area is 114 Å². The van der Waals surface area contributed by atoms with Crippen molar-refractivity contribution in [3.05, 3.63) is 23.2 Å². The number of nitrogens with zero attached hydrogens (tertiary/aromatic N) is 1. The van der Waals surface area contributed by atoms with Crippen molar-refractivity contribution in [2.45, 2.75) is 11.3 Å². The Hall–Kier alpha value is -1.80. The Bertz CT molecular complexity index is 657. The van der Waals surface area contributed by atoms with E-state index in [2.05, 4.69) is 15.0 Å². The van der Waals surface area contributed by atoms with E-state index in [1.54, 1.807) is 6.07 Å². The van der Waals surface area contributed by atoms with Crippen molar-refractivity contribution < 1.29 is 18.3 Å². The summed E-state index contributed by atoms with van der Waals surface area (Å²) in [6, 6.07) is 4.38. The van der Waals surface area contributed by atoms with Gasteiger partial charge in [0.1, 0.15) is 4.90 Å². The molecule has 0 atom stereocenters. The minimum absolute atomic E-state index is 0.00364. The van der Waals surface area contributed by atoms with E-state index in [4.69, 9.17) is 16.7 Å². The van der Waals surface area contributed by atoms with Crippen molar-refractivity contribution in [3.63, 3.8) is 0 Å². The van der Waals surface area contributed by atoms with Crippen LogP contribution in [0.15, 0.2) is 28.1 Å². The molecule has 0 aromatic heterocycles. The number of hydrogen-bond acceptors (Lipinski definition) is 4. The second-order valence-corrected chi connectivity index (χ2v) is 5.83. The van der Waals surface area contributed by atoms with Crippen LogP contribution in [0.5, 0.6) is 0 Å². The van der Waals surface area contributed by atoms with E-state index in [-0.39, 0.29) is 23.8 Å². The maximum Gasteiger partial charge on any atom is 0.305 e. The van der Waals surface area contributed by atoms with Crippen LogP contribution >= 0.6 is 11.6 Å². The number of hydrogen-bond donors (Lipinski definition) is 3. The van der Waals surface area contributed by atoms with E-state index in [0.29, 0.717) is 10.7 Å². The smallest absolute Gasteiger partial charge is 0.305 e. The van der Waals surface area contributed by atoms with Crippen molar-refractivity contribution >= 4 is 39.2 Å². The number of halogens is 1. The van der Waals surface area contributed by atoms with Gasteiger partial charge in [-0.05, 0) is 18.2 Å². The summed E-state index contributed by atoms with van der Waals surface area (Å²) in [6.45, 7) is -0.0247. The van der Waals surface area contributed by atoms with Crippen LogP contribution in [-0.4, -0.2) is 32.0 Å². The van der Waals surface area contributed by atoms with Gasteiger partial charge in [-0.1, -0.05) is 11.6 Å². The van der Waals surface area contributed by atoms with Crippen molar-refractivity contribution in [1.29, 1.82) is 0 Å². The topological polar surface area (TPSA) is 108 Å². The second kappa shape index (κ2) is 5.06. The third kappa shape index (κ3) is 3.15. The maximum absolute atomic E-state index is 11.9. The summed E-state index contributed by atoms with van der Waals surface area (Å²) in [5.41, 5.74) is 0.345. The van der Waals surface area contributed by atoms with Crippen LogP contribution in [0.4, 0.5) is 5.69 Å². The number of aliphatic imine (C=N–C) groups is 1. The largest absolute Gasteiger partial charge is 0.481 e. The molecule has 19 heavy (non-hydrogen) atoms. The van der Waals surface area contributed by atoms with Gasteiger partial charge in [0.25, 0.3) is 10.0 Å². The predicted octanol–water partition coefficient (Wildman–Crippen LogP) is 0.875. The Balaban J connectivity index is 2.28. The molecule has 0 saturated carbocycles. The first-order valence-corrected chi connectivity index (χ1v) is 7.10. The van der Waals surface area contributed by atoms with Crippen molar-refractivity contribution in [3.8, 4) is 0 Å². The lowest BCUT2D eigenvalue weighted by Gasteiger charge is -2.21. The quantitative estimate of drug-likeness (QED) is 0.768. The molecule has 0 unspecified atom stereocenters. The molecular weight excluding hydrogens is 294 g/mol. The molecule has 0 bridgehead atoms. The number of carbonyl (C=O) groups is 1. The molecule has 1 aliphatic heterocycles. The number of sulfonamides is 1. The molecule has 1 aromatic carbocycles. The van der Waals surface area contributed by atoms with Gasteiger partial charge < -0.3 is 10.4 Å². The number of nitrogens with one attached hydrogen (secondary N) is 2. The molecule has 1 heterocycles. The van der Waals surface area contributed by atoms with Crippen LogP contribution in [0.25, 0.3) is 0 Å². The van der Waals surface area contributed by atoms with Gasteiger partial charge in [0.15, 0.2) is 0 Å². The SMILES string of the molecule is O=C(O)CCN=C1Nc2ccc(Cl)cc2S(=O)(=O)N1. The van der Waals surface area contributed by atoms with Gasteiger partial charge in [0.2, 0.25) is 5.96 Å². The van der Waals surface area contributed by atoms with Gasteiger partial charge in [0.05, 0.1) is 18.7 Å². The molecule has 9 heteroatoms. The van der Waals surface area contributed by atoms with E-state index in [1.807, 2.05) is 0 Å². The summed E-state index contributed by atoms with van der Waals surface area (Å²) in [5, 5.41) is 11.6. The van der Waals surface area contributed by atoms with E-state index < -0.39 is 16.0 Å². The van der Waals surface area contributed by atoms with Gasteiger partial charge >= 0.3 is 5.97 Å². The molecular formula is C10H10ClN3O4S. The van der Waals surface area contributed by atoms with Crippen molar-refractivity contribution in [1.82, 2.24) is 4.72 Å². The number of fused-ring (bicyclic) bond motifs is 1. The molecule has 0 saturated heterocycles. The number of anilines is 1. The highest BCUT2D eigenvalue weighted by molar-refractivity contribution is 7.90. The molecule has 1 aliphatic rings. The summed E-state index contributed by atoms with van der Waals surface area (Å²) < 4.78 is 26.1. The van der Waals surface area contributed by atoms with E-state index >= 15 is 0 Å². The number of carboxylic acid groups (broad SMARTS) is 1. The van der Waals surface area contributed by atoms with E-state index in [1.165, 1.54) is 12.1 Å². The maximum atomic E-state index is 11.9. The Kier molecular flexibility index (Phi) is 3.63. The standard InChI is InChI=1S/C10H10ClN3O4S/c11-6-1-2-7-8(5-6)19(17,18)14-10(13-7)12-4-3-9(15)16/h1-2,5H,3-4H2,(H,15,16)(H2,12,13,14). The molecule has 3 N–H and O–H groups in total. The van der Waals surface area contributed by atoms with Crippen LogP contribution in [0, 0.1) is 0 Å².